The van der Waals surface area contributed by atoms with Gasteiger partial charge in [0.25, 0.3) is 0 Å². The first-order chi connectivity index (χ1) is 8.99. The van der Waals surface area contributed by atoms with E-state index in [0.717, 1.165) is 12.8 Å². The first-order valence-electron chi connectivity index (χ1n) is 6.11. The number of aryl methyl sites for hydroxylation is 1. The lowest BCUT2D eigenvalue weighted by atomic mass is 10.4. The Morgan fingerprint density at radius 3 is 2.89 bits per heavy atom. The quantitative estimate of drug-likeness (QED) is 0.575. The lowest BCUT2D eigenvalue weighted by Gasteiger charge is -2.18. The van der Waals surface area contributed by atoms with Crippen molar-refractivity contribution in [2.24, 2.45) is 0 Å². The van der Waals surface area contributed by atoms with Gasteiger partial charge in [0.15, 0.2) is 5.82 Å². The van der Waals surface area contributed by atoms with Crippen LogP contribution in [0.3, 0.4) is 0 Å². The molecule has 0 aromatic carbocycles. The fourth-order valence-corrected chi connectivity index (χ4v) is 2.11. The highest BCUT2D eigenvalue weighted by atomic mass is 16.6. The summed E-state index contributed by atoms with van der Waals surface area (Å²) in [4.78, 5) is 26.9. The Morgan fingerprint density at radius 2 is 2.37 bits per heavy atom. The van der Waals surface area contributed by atoms with Crippen LogP contribution in [0, 0.1) is 17.0 Å². The van der Waals surface area contributed by atoms with Crippen molar-refractivity contribution < 1.29 is 14.8 Å². The topological polar surface area (TPSA) is 102 Å². The van der Waals surface area contributed by atoms with Crippen LogP contribution in [0.25, 0.3) is 0 Å². The maximum absolute atomic E-state index is 10.8. The van der Waals surface area contributed by atoms with Gasteiger partial charge in [0.2, 0.25) is 0 Å². The molecule has 19 heavy (non-hydrogen) atoms. The van der Waals surface area contributed by atoms with Gasteiger partial charge in [0, 0.05) is 19.5 Å². The summed E-state index contributed by atoms with van der Waals surface area (Å²) in [6.07, 6.45) is 3.23. The van der Waals surface area contributed by atoms with Crippen molar-refractivity contribution in [2.75, 3.05) is 13.1 Å². The van der Waals surface area contributed by atoms with E-state index in [1.807, 2.05) is 4.90 Å². The first-order valence-corrected chi connectivity index (χ1v) is 6.11. The van der Waals surface area contributed by atoms with Gasteiger partial charge in [-0.2, -0.15) is 0 Å². The van der Waals surface area contributed by atoms with E-state index >= 15 is 0 Å². The Balaban J connectivity index is 2.02. The van der Waals surface area contributed by atoms with Gasteiger partial charge in [-0.05, 0) is 17.8 Å². The minimum Gasteiger partial charge on any atom is -0.480 e. The molecular formula is C11H16N4O4. The molecule has 0 saturated heterocycles. The summed E-state index contributed by atoms with van der Waals surface area (Å²) in [5.41, 5.74) is 0. The summed E-state index contributed by atoms with van der Waals surface area (Å²) in [6, 6.07) is 0.305. The average Bonchev–Trinajstić information content (AvgIpc) is 3.09. The minimum absolute atomic E-state index is 0.0216. The first kappa shape index (κ1) is 13.5. The lowest BCUT2D eigenvalue weighted by molar-refractivity contribution is -0.392. The molecule has 1 fully saturated rings. The fraction of sp³-hybridized carbons (Fsp3) is 0.636. The van der Waals surface area contributed by atoms with Crippen LogP contribution in [0.4, 0.5) is 5.82 Å². The van der Waals surface area contributed by atoms with Crippen LogP contribution in [0.5, 0.6) is 0 Å². The number of nitrogens with zero attached hydrogens (tertiary/aromatic N) is 4. The van der Waals surface area contributed by atoms with Crippen molar-refractivity contribution in [1.29, 1.82) is 0 Å². The van der Waals surface area contributed by atoms with Crippen molar-refractivity contribution in [3.8, 4) is 0 Å². The van der Waals surface area contributed by atoms with E-state index in [-0.39, 0.29) is 12.4 Å². The van der Waals surface area contributed by atoms with Gasteiger partial charge in [-0.1, -0.05) is 0 Å². The molecule has 1 aromatic heterocycles. The second kappa shape index (κ2) is 5.35. The van der Waals surface area contributed by atoms with Crippen LogP contribution in [0.2, 0.25) is 0 Å². The fourth-order valence-electron chi connectivity index (χ4n) is 2.11. The third-order valence-corrected chi connectivity index (χ3v) is 3.23. The third kappa shape index (κ3) is 3.28. The van der Waals surface area contributed by atoms with Crippen LogP contribution in [-0.4, -0.2) is 49.6 Å². The maximum Gasteiger partial charge on any atom is 0.342 e. The molecule has 0 radical (unpaired) electrons. The van der Waals surface area contributed by atoms with Crippen LogP contribution in [0.1, 0.15) is 18.7 Å². The molecule has 0 aliphatic heterocycles. The van der Waals surface area contributed by atoms with E-state index in [1.54, 1.807) is 6.92 Å². The van der Waals surface area contributed by atoms with Gasteiger partial charge >= 0.3 is 11.8 Å². The zero-order valence-electron chi connectivity index (χ0n) is 10.7. The Bertz CT molecular complexity index is 495. The molecule has 8 heteroatoms. The molecule has 0 spiro atoms. The molecule has 0 unspecified atom stereocenters. The molecule has 1 aliphatic rings. The summed E-state index contributed by atoms with van der Waals surface area (Å²) < 4.78 is 1.51. The monoisotopic (exact) mass is 268 g/mol. The Labute approximate surface area is 109 Å². The molecule has 1 aliphatic carbocycles. The summed E-state index contributed by atoms with van der Waals surface area (Å²) in [5.74, 6) is -0.356. The maximum atomic E-state index is 10.8. The van der Waals surface area contributed by atoms with E-state index in [0.29, 0.717) is 25.0 Å². The number of hydrogen-bond acceptors (Lipinski definition) is 5. The predicted molar refractivity (Wildman–Crippen MR) is 65.8 cm³/mol. The van der Waals surface area contributed by atoms with Crippen LogP contribution < -0.4 is 0 Å². The largest absolute Gasteiger partial charge is 0.480 e. The number of imidazole rings is 1. The summed E-state index contributed by atoms with van der Waals surface area (Å²) in [7, 11) is 0. The zero-order chi connectivity index (χ0) is 14.0. The molecule has 0 bridgehead atoms. The van der Waals surface area contributed by atoms with Crippen molar-refractivity contribution in [3.63, 3.8) is 0 Å². The highest BCUT2D eigenvalue weighted by Gasteiger charge is 2.31. The Morgan fingerprint density at radius 1 is 1.68 bits per heavy atom. The van der Waals surface area contributed by atoms with Gasteiger partial charge in [0.1, 0.15) is 12.7 Å². The number of hydrogen-bond donors (Lipinski definition) is 1. The molecule has 1 N–H and O–H groups in total. The SMILES string of the molecule is Cc1ncc([N+](=O)[O-])n1CCN(CC(=O)O)C1CC1. The predicted octanol–water partition coefficient (Wildman–Crippen LogP) is 0.649. The van der Waals surface area contributed by atoms with Crippen molar-refractivity contribution in [3.05, 3.63) is 22.1 Å². The van der Waals surface area contributed by atoms with E-state index in [9.17, 15) is 14.9 Å². The molecule has 0 amide bonds. The molecule has 1 heterocycles. The second-order valence-corrected chi connectivity index (χ2v) is 4.67. The molecule has 1 saturated carbocycles. The van der Waals surface area contributed by atoms with Gasteiger partial charge < -0.3 is 15.2 Å². The van der Waals surface area contributed by atoms with Gasteiger partial charge in [-0.15, -0.1) is 0 Å². The van der Waals surface area contributed by atoms with Crippen LogP contribution in [-0.2, 0) is 11.3 Å². The molecule has 0 atom stereocenters. The summed E-state index contributed by atoms with van der Waals surface area (Å²) >= 11 is 0. The average molecular weight is 268 g/mol. The van der Waals surface area contributed by atoms with Crippen molar-refractivity contribution >= 4 is 11.8 Å². The minimum atomic E-state index is -0.872. The lowest BCUT2D eigenvalue weighted by Crippen LogP contribution is -2.34. The number of aliphatic carboxylic acids is 1. The van der Waals surface area contributed by atoms with Crippen molar-refractivity contribution in [1.82, 2.24) is 14.5 Å². The standard InChI is InChI=1S/C11H16N4O4/c1-8-12-6-10(15(18)19)14(8)5-4-13(7-11(16)17)9-2-3-9/h6,9H,2-5,7H2,1H3,(H,16,17). The second-order valence-electron chi connectivity index (χ2n) is 4.67. The molecule has 1 aromatic rings. The third-order valence-electron chi connectivity index (χ3n) is 3.23. The Kier molecular flexibility index (Phi) is 3.79. The molecule has 8 nitrogen and oxygen atoms in total. The number of rotatable bonds is 7. The molecular weight excluding hydrogens is 252 g/mol. The number of carboxylic acid groups (broad SMARTS) is 1. The summed E-state index contributed by atoms with van der Waals surface area (Å²) in [6.45, 7) is 2.54. The van der Waals surface area contributed by atoms with Crippen molar-refractivity contribution in [2.45, 2.75) is 32.4 Å². The normalized spacial score (nSPS) is 14.8. The van der Waals surface area contributed by atoms with Gasteiger partial charge in [-0.25, -0.2) is 9.55 Å². The van der Waals surface area contributed by atoms with E-state index in [4.69, 9.17) is 5.11 Å². The highest BCUT2D eigenvalue weighted by Crippen LogP contribution is 2.26. The number of nitro groups is 1. The van der Waals surface area contributed by atoms with Crippen LogP contribution >= 0.6 is 0 Å². The number of carboxylic acids is 1. The number of carbonyl (C=O) groups is 1. The van der Waals surface area contributed by atoms with Gasteiger partial charge in [0.05, 0.1) is 6.54 Å². The smallest absolute Gasteiger partial charge is 0.342 e. The van der Waals surface area contributed by atoms with Crippen LogP contribution in [0.15, 0.2) is 6.20 Å². The van der Waals surface area contributed by atoms with E-state index in [2.05, 4.69) is 4.98 Å². The molecule has 2 rings (SSSR count). The number of aromatic nitrogens is 2. The van der Waals surface area contributed by atoms with Gasteiger partial charge in [-0.3, -0.25) is 9.69 Å². The molecule has 104 valence electrons. The van der Waals surface area contributed by atoms with E-state index < -0.39 is 10.9 Å². The zero-order valence-corrected chi connectivity index (χ0v) is 10.7. The highest BCUT2D eigenvalue weighted by molar-refractivity contribution is 5.69. The van der Waals surface area contributed by atoms with E-state index in [1.165, 1.54) is 10.8 Å². The summed E-state index contributed by atoms with van der Waals surface area (Å²) in [5, 5.41) is 19.7. The Hall–Kier alpha value is -1.96.